The maximum absolute atomic E-state index is 12.1. The van der Waals surface area contributed by atoms with Crippen molar-refractivity contribution in [3.8, 4) is 11.1 Å². The molecule has 0 aliphatic carbocycles. The standard InChI is InChI=1S/C19H18BrN3O/c1-12-17(14-6-8-15(20)9-7-14)18(19(21)24)13(2)23(12)11-16-5-3-4-10-22-16/h3-10H,11H2,1-2H3,(H2,21,24). The van der Waals surface area contributed by atoms with E-state index in [0.717, 1.165) is 32.7 Å². The molecule has 4 nitrogen and oxygen atoms in total. The van der Waals surface area contributed by atoms with Gasteiger partial charge in [0, 0.05) is 27.6 Å². The van der Waals surface area contributed by atoms with E-state index in [1.54, 1.807) is 6.20 Å². The van der Waals surface area contributed by atoms with E-state index in [4.69, 9.17) is 5.73 Å². The minimum atomic E-state index is -0.409. The lowest BCUT2D eigenvalue weighted by Gasteiger charge is -2.09. The van der Waals surface area contributed by atoms with Crippen LogP contribution in [0.5, 0.6) is 0 Å². The topological polar surface area (TPSA) is 60.9 Å². The molecule has 2 N–H and O–H groups in total. The van der Waals surface area contributed by atoms with Crippen molar-refractivity contribution in [2.45, 2.75) is 20.4 Å². The lowest BCUT2D eigenvalue weighted by atomic mass is 10.0. The second kappa shape index (κ2) is 6.61. The first kappa shape index (κ1) is 16.5. The number of carbonyl (C=O) groups excluding carboxylic acids is 1. The highest BCUT2D eigenvalue weighted by atomic mass is 79.9. The van der Waals surface area contributed by atoms with Gasteiger partial charge in [-0.05, 0) is 43.7 Å². The van der Waals surface area contributed by atoms with Crippen LogP contribution in [0.15, 0.2) is 53.1 Å². The summed E-state index contributed by atoms with van der Waals surface area (Å²) in [5.74, 6) is -0.409. The predicted molar refractivity (Wildman–Crippen MR) is 98.9 cm³/mol. The molecule has 5 heteroatoms. The minimum absolute atomic E-state index is 0.409. The molecule has 3 aromatic rings. The van der Waals surface area contributed by atoms with Crippen LogP contribution in [0.3, 0.4) is 0 Å². The maximum atomic E-state index is 12.1. The first-order valence-corrected chi connectivity index (χ1v) is 8.43. The number of nitrogens with zero attached hydrogens (tertiary/aromatic N) is 2. The fraction of sp³-hybridized carbons (Fsp3) is 0.158. The first-order chi connectivity index (χ1) is 11.5. The number of aromatic nitrogens is 2. The van der Waals surface area contributed by atoms with E-state index in [0.29, 0.717) is 12.1 Å². The SMILES string of the molecule is Cc1c(C(N)=O)c(-c2ccc(Br)cc2)c(C)n1Cc1ccccn1. The monoisotopic (exact) mass is 383 g/mol. The maximum Gasteiger partial charge on any atom is 0.251 e. The van der Waals surface area contributed by atoms with Gasteiger partial charge < -0.3 is 10.3 Å². The van der Waals surface area contributed by atoms with Crippen LogP contribution in [0.1, 0.15) is 27.4 Å². The molecule has 0 aliphatic rings. The van der Waals surface area contributed by atoms with E-state index in [-0.39, 0.29) is 0 Å². The van der Waals surface area contributed by atoms with Gasteiger partial charge in [-0.15, -0.1) is 0 Å². The Bertz CT molecular complexity index is 883. The molecule has 0 atom stereocenters. The molecule has 0 unspecified atom stereocenters. The van der Waals surface area contributed by atoms with E-state index in [2.05, 4.69) is 25.5 Å². The molecule has 0 fully saturated rings. The Labute approximate surface area is 149 Å². The van der Waals surface area contributed by atoms with Crippen molar-refractivity contribution in [2.24, 2.45) is 5.73 Å². The highest BCUT2D eigenvalue weighted by Crippen LogP contribution is 2.33. The summed E-state index contributed by atoms with van der Waals surface area (Å²) < 4.78 is 3.09. The molecular formula is C19H18BrN3O. The van der Waals surface area contributed by atoms with Gasteiger partial charge in [0.25, 0.3) is 5.91 Å². The van der Waals surface area contributed by atoms with Crippen LogP contribution in [0.25, 0.3) is 11.1 Å². The summed E-state index contributed by atoms with van der Waals surface area (Å²) >= 11 is 3.44. The molecule has 0 radical (unpaired) electrons. The second-order valence-electron chi connectivity index (χ2n) is 5.70. The zero-order valence-corrected chi connectivity index (χ0v) is 15.2. The van der Waals surface area contributed by atoms with Gasteiger partial charge in [-0.1, -0.05) is 34.1 Å². The Morgan fingerprint density at radius 2 is 1.83 bits per heavy atom. The predicted octanol–water partition coefficient (Wildman–Crippen LogP) is 4.08. The van der Waals surface area contributed by atoms with Crippen LogP contribution in [0.4, 0.5) is 0 Å². The summed E-state index contributed by atoms with van der Waals surface area (Å²) in [4.78, 5) is 16.5. The highest BCUT2D eigenvalue weighted by Gasteiger charge is 2.22. The second-order valence-corrected chi connectivity index (χ2v) is 6.61. The minimum Gasteiger partial charge on any atom is -0.366 e. The quantitative estimate of drug-likeness (QED) is 0.737. The van der Waals surface area contributed by atoms with Gasteiger partial charge in [-0.25, -0.2) is 0 Å². The van der Waals surface area contributed by atoms with Crippen molar-refractivity contribution >= 4 is 21.8 Å². The van der Waals surface area contributed by atoms with E-state index in [1.807, 2.05) is 56.3 Å². The van der Waals surface area contributed by atoms with E-state index < -0.39 is 5.91 Å². The number of amides is 1. The molecule has 0 saturated carbocycles. The molecule has 24 heavy (non-hydrogen) atoms. The summed E-state index contributed by atoms with van der Waals surface area (Å²) in [7, 11) is 0. The summed E-state index contributed by atoms with van der Waals surface area (Å²) in [6.07, 6.45) is 1.77. The largest absolute Gasteiger partial charge is 0.366 e. The molecule has 0 saturated heterocycles. The van der Waals surface area contributed by atoms with Gasteiger partial charge in [0.15, 0.2) is 0 Å². The summed E-state index contributed by atoms with van der Waals surface area (Å²) in [5.41, 5.74) is 10.9. The Hall–Kier alpha value is -2.40. The third kappa shape index (κ3) is 2.99. The van der Waals surface area contributed by atoms with Crippen LogP contribution in [0, 0.1) is 13.8 Å². The number of carbonyl (C=O) groups is 1. The molecule has 3 rings (SSSR count). The third-order valence-electron chi connectivity index (χ3n) is 4.21. The molecule has 2 aromatic heterocycles. The smallest absolute Gasteiger partial charge is 0.251 e. The van der Waals surface area contributed by atoms with Crippen molar-refractivity contribution in [1.29, 1.82) is 0 Å². The van der Waals surface area contributed by atoms with Crippen LogP contribution >= 0.6 is 15.9 Å². The van der Waals surface area contributed by atoms with Crippen LogP contribution in [0.2, 0.25) is 0 Å². The fourth-order valence-corrected chi connectivity index (χ4v) is 3.31. The van der Waals surface area contributed by atoms with E-state index in [1.165, 1.54) is 0 Å². The Balaban J connectivity index is 2.16. The van der Waals surface area contributed by atoms with E-state index >= 15 is 0 Å². The molecule has 0 aliphatic heterocycles. The van der Waals surface area contributed by atoms with Gasteiger partial charge in [0.2, 0.25) is 0 Å². The Morgan fingerprint density at radius 3 is 2.42 bits per heavy atom. The molecule has 2 heterocycles. The lowest BCUT2D eigenvalue weighted by molar-refractivity contribution is 0.1000. The first-order valence-electron chi connectivity index (χ1n) is 7.64. The number of benzene rings is 1. The van der Waals surface area contributed by atoms with E-state index in [9.17, 15) is 4.79 Å². The number of pyridine rings is 1. The van der Waals surface area contributed by atoms with Crippen LogP contribution in [-0.2, 0) is 6.54 Å². The van der Waals surface area contributed by atoms with Gasteiger partial charge in [0.05, 0.1) is 17.8 Å². The van der Waals surface area contributed by atoms with Crippen molar-refractivity contribution in [3.63, 3.8) is 0 Å². The molecular weight excluding hydrogens is 366 g/mol. The van der Waals surface area contributed by atoms with Gasteiger partial charge >= 0.3 is 0 Å². The Morgan fingerprint density at radius 1 is 1.12 bits per heavy atom. The normalized spacial score (nSPS) is 10.8. The number of hydrogen-bond acceptors (Lipinski definition) is 2. The number of hydrogen-bond donors (Lipinski definition) is 1. The summed E-state index contributed by atoms with van der Waals surface area (Å²) in [6.45, 7) is 4.55. The molecule has 1 aromatic carbocycles. The number of primary amides is 1. The van der Waals surface area contributed by atoms with Crippen molar-refractivity contribution in [3.05, 3.63) is 75.8 Å². The molecule has 0 spiro atoms. The average Bonchev–Trinajstić information content (AvgIpc) is 2.81. The molecule has 122 valence electrons. The van der Waals surface area contributed by atoms with Crippen LogP contribution in [-0.4, -0.2) is 15.5 Å². The average molecular weight is 384 g/mol. The zero-order valence-electron chi connectivity index (χ0n) is 13.6. The zero-order chi connectivity index (χ0) is 17.3. The van der Waals surface area contributed by atoms with Crippen molar-refractivity contribution < 1.29 is 4.79 Å². The number of nitrogens with two attached hydrogens (primary N) is 1. The summed E-state index contributed by atoms with van der Waals surface area (Å²) in [6, 6.07) is 13.7. The Kier molecular flexibility index (Phi) is 4.53. The molecule has 1 amide bonds. The van der Waals surface area contributed by atoms with Gasteiger partial charge in [-0.3, -0.25) is 9.78 Å². The van der Waals surface area contributed by atoms with Crippen molar-refractivity contribution in [1.82, 2.24) is 9.55 Å². The van der Waals surface area contributed by atoms with Crippen LogP contribution < -0.4 is 5.73 Å². The fourth-order valence-electron chi connectivity index (χ4n) is 3.05. The van der Waals surface area contributed by atoms with Crippen molar-refractivity contribution in [2.75, 3.05) is 0 Å². The van der Waals surface area contributed by atoms with Gasteiger partial charge in [0.1, 0.15) is 0 Å². The lowest BCUT2D eigenvalue weighted by Crippen LogP contribution is -2.13. The third-order valence-corrected chi connectivity index (χ3v) is 4.74. The summed E-state index contributed by atoms with van der Waals surface area (Å²) in [5, 5.41) is 0. The number of rotatable bonds is 4. The number of halogens is 1. The van der Waals surface area contributed by atoms with Gasteiger partial charge in [-0.2, -0.15) is 0 Å². The highest BCUT2D eigenvalue weighted by molar-refractivity contribution is 9.10. The molecule has 0 bridgehead atoms.